The van der Waals surface area contributed by atoms with Gasteiger partial charge in [-0.2, -0.15) is 0 Å². The highest BCUT2D eigenvalue weighted by Gasteiger charge is 2.26. The van der Waals surface area contributed by atoms with E-state index in [0.29, 0.717) is 26.3 Å². The molecule has 2 unspecified atom stereocenters. The van der Waals surface area contributed by atoms with Gasteiger partial charge in [0.05, 0.1) is 0 Å². The summed E-state index contributed by atoms with van der Waals surface area (Å²) in [7, 11) is 0. The van der Waals surface area contributed by atoms with Crippen molar-refractivity contribution < 1.29 is 54.3 Å². The second-order valence-electron chi connectivity index (χ2n) is 8.47. The monoisotopic (exact) mass is 486 g/mol. The van der Waals surface area contributed by atoms with E-state index in [0.717, 1.165) is 48.8 Å². The Labute approximate surface area is 204 Å². The predicted octanol–water partition coefficient (Wildman–Crippen LogP) is -6.73. The molecule has 2 aromatic rings. The third kappa shape index (κ3) is 9.94. The number of rotatable bonds is 10. The average Bonchev–Trinajstić information content (AvgIpc) is 2.72. The zero-order valence-electron chi connectivity index (χ0n) is 18.9. The highest BCUT2D eigenvalue weighted by Crippen LogP contribution is 2.13. The minimum atomic E-state index is -0.476. The predicted molar refractivity (Wildman–Crippen MR) is 116 cm³/mol. The van der Waals surface area contributed by atoms with Crippen molar-refractivity contribution in [3.8, 4) is 11.5 Å². The molecule has 0 saturated carbocycles. The van der Waals surface area contributed by atoms with Crippen molar-refractivity contribution in [2.45, 2.75) is 26.1 Å². The fraction of sp³-hybridized carbons (Fsp3) is 0.500. The zero-order chi connectivity index (χ0) is 21.3. The summed E-state index contributed by atoms with van der Waals surface area (Å²) in [5.74, 6) is 1.61. The maximum atomic E-state index is 10.3. The number of halogens is 2. The number of benzene rings is 2. The van der Waals surface area contributed by atoms with Gasteiger partial charge in [-0.1, -0.05) is 24.3 Å². The third-order valence-electron chi connectivity index (χ3n) is 5.58. The number of aliphatic hydroxyl groups excluding tert-OH is 2. The van der Waals surface area contributed by atoms with Gasteiger partial charge in [-0.15, -0.1) is 0 Å². The Balaban J connectivity index is 0.00000256. The van der Waals surface area contributed by atoms with E-state index in [4.69, 9.17) is 9.47 Å². The quantitative estimate of drug-likeness (QED) is 0.269. The molecular formula is C24H36Cl2N2O4. The van der Waals surface area contributed by atoms with Crippen LogP contribution in [0.2, 0.25) is 0 Å². The van der Waals surface area contributed by atoms with Crippen molar-refractivity contribution >= 4 is 0 Å². The molecule has 2 aromatic carbocycles. The van der Waals surface area contributed by atoms with Crippen LogP contribution in [0.1, 0.15) is 11.1 Å². The number of quaternary nitrogens is 2. The molecule has 1 fully saturated rings. The van der Waals surface area contributed by atoms with Crippen molar-refractivity contribution in [1.82, 2.24) is 0 Å². The van der Waals surface area contributed by atoms with Crippen LogP contribution in [0.5, 0.6) is 11.5 Å². The molecule has 0 amide bonds. The molecule has 180 valence electrons. The minimum absolute atomic E-state index is 0. The first kappa shape index (κ1) is 28.5. The van der Waals surface area contributed by atoms with Gasteiger partial charge < -0.3 is 54.3 Å². The van der Waals surface area contributed by atoms with Crippen molar-refractivity contribution in [3.05, 3.63) is 59.7 Å². The molecule has 1 aliphatic rings. The second kappa shape index (κ2) is 14.6. The molecule has 0 bridgehead atoms. The van der Waals surface area contributed by atoms with E-state index >= 15 is 0 Å². The molecule has 8 heteroatoms. The molecule has 0 spiro atoms. The molecular weight excluding hydrogens is 451 g/mol. The molecule has 3 rings (SSSR count). The average molecular weight is 487 g/mol. The van der Waals surface area contributed by atoms with Crippen LogP contribution < -0.4 is 44.1 Å². The van der Waals surface area contributed by atoms with Crippen LogP contribution in [0.4, 0.5) is 0 Å². The van der Waals surface area contributed by atoms with E-state index in [2.05, 4.69) is 0 Å². The van der Waals surface area contributed by atoms with Crippen molar-refractivity contribution in [1.29, 1.82) is 0 Å². The lowest BCUT2D eigenvalue weighted by Crippen LogP contribution is -3.29. The lowest BCUT2D eigenvalue weighted by molar-refractivity contribution is -1.01. The highest BCUT2D eigenvalue weighted by molar-refractivity contribution is 5.28. The highest BCUT2D eigenvalue weighted by atomic mass is 35.5. The second-order valence-corrected chi connectivity index (χ2v) is 8.47. The first-order chi connectivity index (χ1) is 14.5. The van der Waals surface area contributed by atoms with Crippen LogP contribution in [0.25, 0.3) is 0 Å². The van der Waals surface area contributed by atoms with Crippen LogP contribution in [0.3, 0.4) is 0 Å². The Morgan fingerprint density at radius 1 is 0.719 bits per heavy atom. The van der Waals surface area contributed by atoms with E-state index in [1.807, 2.05) is 62.4 Å². The summed E-state index contributed by atoms with van der Waals surface area (Å²) in [6.45, 7) is 10.0. The fourth-order valence-corrected chi connectivity index (χ4v) is 3.94. The third-order valence-corrected chi connectivity index (χ3v) is 5.58. The molecule has 4 N–H and O–H groups in total. The van der Waals surface area contributed by atoms with E-state index in [-0.39, 0.29) is 24.8 Å². The molecule has 2 atom stereocenters. The molecule has 0 radical (unpaired) electrons. The van der Waals surface area contributed by atoms with Crippen molar-refractivity contribution in [2.75, 3.05) is 52.5 Å². The first-order valence-electron chi connectivity index (χ1n) is 10.9. The van der Waals surface area contributed by atoms with E-state index < -0.39 is 12.2 Å². The van der Waals surface area contributed by atoms with E-state index in [1.165, 1.54) is 9.80 Å². The van der Waals surface area contributed by atoms with Gasteiger partial charge in [0.25, 0.3) is 0 Å². The maximum Gasteiger partial charge on any atom is 0.137 e. The molecule has 1 aliphatic heterocycles. The SMILES string of the molecule is Cc1cccc(OCC(O)C[NH+]2CC[NH+](CC(O)COc3cccc(C)c3)CC2)c1.[Cl-].[Cl-]. The first-order valence-corrected chi connectivity index (χ1v) is 10.9. The van der Waals surface area contributed by atoms with Crippen molar-refractivity contribution in [3.63, 3.8) is 0 Å². The number of nitrogens with one attached hydrogen (secondary N) is 2. The number of piperazine rings is 1. The summed E-state index contributed by atoms with van der Waals surface area (Å²) in [5, 5.41) is 20.7. The van der Waals surface area contributed by atoms with Gasteiger partial charge in [0.1, 0.15) is 76.2 Å². The number of hydrogen-bond donors (Lipinski definition) is 4. The Hall–Kier alpha value is -1.54. The Kier molecular flexibility index (Phi) is 13.0. The Morgan fingerprint density at radius 3 is 1.44 bits per heavy atom. The normalized spacial score (nSPS) is 19.8. The fourth-order valence-electron chi connectivity index (χ4n) is 3.94. The van der Waals surface area contributed by atoms with Crippen LogP contribution in [-0.2, 0) is 0 Å². The summed E-state index contributed by atoms with van der Waals surface area (Å²) < 4.78 is 11.4. The van der Waals surface area contributed by atoms with Crippen LogP contribution in [0.15, 0.2) is 48.5 Å². The molecule has 0 aliphatic carbocycles. The smallest absolute Gasteiger partial charge is 0.137 e. The lowest BCUT2D eigenvalue weighted by Gasteiger charge is -2.31. The van der Waals surface area contributed by atoms with Crippen molar-refractivity contribution in [2.24, 2.45) is 0 Å². The number of hydrogen-bond acceptors (Lipinski definition) is 4. The van der Waals surface area contributed by atoms with Gasteiger partial charge in [-0.25, -0.2) is 0 Å². The molecule has 0 aromatic heterocycles. The van der Waals surface area contributed by atoms with Gasteiger partial charge in [-0.3, -0.25) is 0 Å². The van der Waals surface area contributed by atoms with Gasteiger partial charge in [0, 0.05) is 0 Å². The minimum Gasteiger partial charge on any atom is -1.00 e. The summed E-state index contributed by atoms with van der Waals surface area (Å²) in [6.07, 6.45) is -0.953. The number of ether oxygens (including phenoxy) is 2. The van der Waals surface area contributed by atoms with Gasteiger partial charge >= 0.3 is 0 Å². The summed E-state index contributed by atoms with van der Waals surface area (Å²) in [6, 6.07) is 15.8. The molecule has 6 nitrogen and oxygen atoms in total. The number of aliphatic hydroxyl groups is 2. The van der Waals surface area contributed by atoms with Crippen LogP contribution >= 0.6 is 0 Å². The molecule has 32 heavy (non-hydrogen) atoms. The zero-order valence-corrected chi connectivity index (χ0v) is 20.4. The topological polar surface area (TPSA) is 67.8 Å². The lowest BCUT2D eigenvalue weighted by atomic mass is 10.2. The van der Waals surface area contributed by atoms with Gasteiger partial charge in [0.15, 0.2) is 0 Å². The largest absolute Gasteiger partial charge is 1.00 e. The van der Waals surface area contributed by atoms with Crippen LogP contribution in [0, 0.1) is 13.8 Å². The molecule has 1 saturated heterocycles. The van der Waals surface area contributed by atoms with E-state index in [9.17, 15) is 10.2 Å². The van der Waals surface area contributed by atoms with E-state index in [1.54, 1.807) is 0 Å². The summed E-state index contributed by atoms with van der Waals surface area (Å²) in [5.41, 5.74) is 2.30. The summed E-state index contributed by atoms with van der Waals surface area (Å²) in [4.78, 5) is 2.79. The Bertz CT molecular complexity index is 723. The van der Waals surface area contributed by atoms with Gasteiger partial charge in [-0.05, 0) is 49.2 Å². The van der Waals surface area contributed by atoms with Crippen LogP contribution in [-0.4, -0.2) is 74.9 Å². The standard InChI is InChI=1S/C24H34N2O4.2ClH/c1-19-5-3-7-23(13-19)29-17-21(27)15-25-9-11-26(12-10-25)16-22(28)18-30-24-8-4-6-20(2)14-24;;/h3-8,13-14,21-22,27-28H,9-12,15-18H2,1-2H3;2*1H. The molecule has 1 heterocycles. The Morgan fingerprint density at radius 2 is 1.09 bits per heavy atom. The maximum absolute atomic E-state index is 10.3. The number of aryl methyl sites for hydroxylation is 2. The summed E-state index contributed by atoms with van der Waals surface area (Å²) >= 11 is 0. The van der Waals surface area contributed by atoms with Gasteiger partial charge in [0.2, 0.25) is 0 Å².